The van der Waals surface area contributed by atoms with Gasteiger partial charge >= 0.3 is 0 Å². The lowest BCUT2D eigenvalue weighted by molar-refractivity contribution is -0.130. The second kappa shape index (κ2) is 6.34. The summed E-state index contributed by atoms with van der Waals surface area (Å²) in [5.74, 6) is 1.47. The Balaban J connectivity index is 1.99. The molecular formula is C16H30N4O. The Bertz CT molecular complexity index is 389. The van der Waals surface area contributed by atoms with Crippen molar-refractivity contribution in [2.75, 3.05) is 26.7 Å². The quantitative estimate of drug-likeness (QED) is 0.832. The minimum Gasteiger partial charge on any atom is -0.350 e. The van der Waals surface area contributed by atoms with Gasteiger partial charge in [-0.05, 0) is 51.1 Å². The van der Waals surface area contributed by atoms with Gasteiger partial charge in [0.25, 0.3) is 0 Å². The molecule has 1 unspecified atom stereocenters. The van der Waals surface area contributed by atoms with Crippen LogP contribution in [0.5, 0.6) is 0 Å². The van der Waals surface area contributed by atoms with Crippen molar-refractivity contribution in [3.63, 3.8) is 0 Å². The lowest BCUT2D eigenvalue weighted by atomic mass is 9.76. The molecule has 0 bridgehead atoms. The predicted molar refractivity (Wildman–Crippen MR) is 85.3 cm³/mol. The highest BCUT2D eigenvalue weighted by Gasteiger charge is 2.43. The summed E-state index contributed by atoms with van der Waals surface area (Å²) in [6, 6.07) is 0. The molecule has 120 valence electrons. The van der Waals surface area contributed by atoms with Gasteiger partial charge in [-0.25, -0.2) is 0 Å². The van der Waals surface area contributed by atoms with E-state index in [1.54, 1.807) is 7.05 Å². The van der Waals surface area contributed by atoms with Crippen LogP contribution in [0.25, 0.3) is 0 Å². The van der Waals surface area contributed by atoms with Crippen LogP contribution >= 0.6 is 0 Å². The summed E-state index contributed by atoms with van der Waals surface area (Å²) in [7, 11) is 1.67. The lowest BCUT2D eigenvalue weighted by Gasteiger charge is -2.47. The minimum atomic E-state index is -0.267. The van der Waals surface area contributed by atoms with E-state index in [1.165, 1.54) is 24.3 Å². The Labute approximate surface area is 128 Å². The van der Waals surface area contributed by atoms with Crippen molar-refractivity contribution < 1.29 is 4.79 Å². The Morgan fingerprint density at radius 1 is 1.48 bits per heavy atom. The van der Waals surface area contributed by atoms with E-state index in [0.717, 1.165) is 25.4 Å². The fraction of sp³-hybridized carbons (Fsp3) is 0.875. The smallest absolute Gasteiger partial charge is 0.231 e. The van der Waals surface area contributed by atoms with E-state index < -0.39 is 0 Å². The van der Waals surface area contributed by atoms with Gasteiger partial charge in [-0.3, -0.25) is 15.1 Å². The number of nitrogens with zero attached hydrogens (tertiary/aromatic N) is 2. The molecule has 2 N–H and O–H groups in total. The molecular weight excluding hydrogens is 264 g/mol. The van der Waals surface area contributed by atoms with Crippen LogP contribution in [-0.2, 0) is 4.79 Å². The van der Waals surface area contributed by atoms with Crippen molar-refractivity contribution in [2.24, 2.45) is 11.8 Å². The number of hydrogen-bond donors (Lipinski definition) is 2. The van der Waals surface area contributed by atoms with Gasteiger partial charge in [0.05, 0.1) is 12.0 Å². The first-order valence-electron chi connectivity index (χ1n) is 8.17. The van der Waals surface area contributed by atoms with Crippen molar-refractivity contribution >= 4 is 11.9 Å². The maximum Gasteiger partial charge on any atom is 0.231 e. The van der Waals surface area contributed by atoms with E-state index >= 15 is 0 Å². The second-order valence-electron chi connectivity index (χ2n) is 7.34. The highest BCUT2D eigenvalue weighted by atomic mass is 16.2. The van der Waals surface area contributed by atoms with E-state index in [9.17, 15) is 4.79 Å². The Morgan fingerprint density at radius 3 is 2.81 bits per heavy atom. The van der Waals surface area contributed by atoms with Gasteiger partial charge in [-0.1, -0.05) is 13.8 Å². The van der Waals surface area contributed by atoms with Gasteiger partial charge in [-0.2, -0.15) is 0 Å². The molecule has 0 spiro atoms. The summed E-state index contributed by atoms with van der Waals surface area (Å²) in [5, 5.41) is 11.3. The van der Waals surface area contributed by atoms with Crippen LogP contribution in [0, 0.1) is 17.2 Å². The summed E-state index contributed by atoms with van der Waals surface area (Å²) in [6.45, 7) is 10.0. The minimum absolute atomic E-state index is 0.0561. The molecule has 2 aliphatic rings. The molecule has 1 amide bonds. The first kappa shape index (κ1) is 16.3. The third-order valence-corrected chi connectivity index (χ3v) is 5.06. The number of likely N-dealkylation sites (tertiary alicyclic amines) is 1. The van der Waals surface area contributed by atoms with Crippen LogP contribution in [0.15, 0.2) is 0 Å². The summed E-state index contributed by atoms with van der Waals surface area (Å²) in [5.41, 5.74) is -0.267. The zero-order valence-corrected chi connectivity index (χ0v) is 13.9. The molecule has 0 aromatic carbocycles. The van der Waals surface area contributed by atoms with Crippen LogP contribution in [-0.4, -0.2) is 53.9 Å². The second-order valence-corrected chi connectivity index (χ2v) is 7.34. The maximum atomic E-state index is 12.1. The molecule has 2 heterocycles. The molecule has 0 aromatic rings. The Hall–Kier alpha value is -1.10. The number of piperidine rings is 1. The van der Waals surface area contributed by atoms with Crippen molar-refractivity contribution in [2.45, 2.75) is 52.0 Å². The summed E-state index contributed by atoms with van der Waals surface area (Å²) < 4.78 is 0. The summed E-state index contributed by atoms with van der Waals surface area (Å²) in [6.07, 6.45) is 4.06. The molecule has 0 aromatic heterocycles. The molecule has 5 heteroatoms. The van der Waals surface area contributed by atoms with Crippen LogP contribution in [0.2, 0.25) is 0 Å². The number of rotatable bonds is 4. The van der Waals surface area contributed by atoms with Gasteiger partial charge in [0.1, 0.15) is 0 Å². The topological polar surface area (TPSA) is 59.4 Å². The summed E-state index contributed by atoms with van der Waals surface area (Å²) in [4.78, 5) is 16.0. The highest BCUT2D eigenvalue weighted by Crippen LogP contribution is 2.32. The molecule has 0 aliphatic carbocycles. The van der Waals surface area contributed by atoms with E-state index in [4.69, 9.17) is 5.41 Å². The molecule has 0 saturated carbocycles. The molecule has 2 saturated heterocycles. The normalized spacial score (nSPS) is 31.7. The van der Waals surface area contributed by atoms with E-state index in [0.29, 0.717) is 12.3 Å². The molecule has 2 atom stereocenters. The van der Waals surface area contributed by atoms with E-state index in [1.807, 2.05) is 0 Å². The van der Waals surface area contributed by atoms with Gasteiger partial charge in [-0.15, -0.1) is 0 Å². The van der Waals surface area contributed by atoms with Gasteiger partial charge in [0, 0.05) is 13.6 Å². The fourth-order valence-corrected chi connectivity index (χ4v) is 3.42. The van der Waals surface area contributed by atoms with Crippen molar-refractivity contribution in [3.05, 3.63) is 0 Å². The molecule has 5 nitrogen and oxygen atoms in total. The van der Waals surface area contributed by atoms with Gasteiger partial charge in [0.15, 0.2) is 5.96 Å². The van der Waals surface area contributed by atoms with Crippen molar-refractivity contribution in [1.29, 1.82) is 5.41 Å². The average Bonchev–Trinajstić information content (AvgIpc) is 2.43. The Morgan fingerprint density at radius 2 is 2.19 bits per heavy atom. The molecule has 21 heavy (non-hydrogen) atoms. The van der Waals surface area contributed by atoms with E-state index in [2.05, 4.69) is 31.0 Å². The number of guanidine groups is 1. The SMILES string of the molecule is CC(C)CCN1CCCC([C@]2(C)CC(=O)N(C)C(=N)N2)C1. The lowest BCUT2D eigenvalue weighted by Crippen LogP contribution is -2.64. The zero-order chi connectivity index (χ0) is 15.6. The Kier molecular flexibility index (Phi) is 4.91. The van der Waals surface area contributed by atoms with Crippen molar-refractivity contribution in [3.8, 4) is 0 Å². The highest BCUT2D eigenvalue weighted by molar-refractivity contribution is 5.98. The maximum absolute atomic E-state index is 12.1. The van der Waals surface area contributed by atoms with Gasteiger partial charge in [0.2, 0.25) is 5.91 Å². The monoisotopic (exact) mass is 294 g/mol. The first-order valence-corrected chi connectivity index (χ1v) is 8.17. The fourth-order valence-electron chi connectivity index (χ4n) is 3.42. The summed E-state index contributed by atoms with van der Waals surface area (Å²) >= 11 is 0. The molecule has 2 rings (SSSR count). The van der Waals surface area contributed by atoms with E-state index in [-0.39, 0.29) is 17.4 Å². The number of nitrogens with one attached hydrogen (secondary N) is 2. The van der Waals surface area contributed by atoms with Crippen LogP contribution < -0.4 is 5.32 Å². The third kappa shape index (κ3) is 3.76. The zero-order valence-electron chi connectivity index (χ0n) is 13.9. The van der Waals surface area contributed by atoms with Gasteiger partial charge < -0.3 is 10.2 Å². The number of hydrogen-bond acceptors (Lipinski definition) is 3. The molecule has 0 radical (unpaired) electrons. The van der Waals surface area contributed by atoms with Crippen molar-refractivity contribution in [1.82, 2.24) is 15.1 Å². The predicted octanol–water partition coefficient (Wildman–Crippen LogP) is 1.89. The standard InChI is InChI=1S/C16H30N4O/c1-12(2)7-9-20-8-5-6-13(11-20)16(3)10-14(21)19(4)15(17)18-16/h12-13H,5-11H2,1-4H3,(H2,17,18)/t13?,16-/m0/s1. The number of carbonyl (C=O) groups excluding carboxylic acids is 1. The molecule has 2 aliphatic heterocycles. The third-order valence-electron chi connectivity index (χ3n) is 5.06. The van der Waals surface area contributed by atoms with Crippen LogP contribution in [0.3, 0.4) is 0 Å². The average molecular weight is 294 g/mol. The van der Waals surface area contributed by atoms with Crippen LogP contribution in [0.1, 0.15) is 46.5 Å². The molecule has 2 fully saturated rings. The number of amides is 1. The largest absolute Gasteiger partial charge is 0.350 e. The van der Waals surface area contributed by atoms with Crippen LogP contribution in [0.4, 0.5) is 0 Å². The number of carbonyl (C=O) groups is 1. The first-order chi connectivity index (χ1) is 9.82.